The molecule has 8 heteroatoms. The van der Waals surface area contributed by atoms with Crippen LogP contribution in [0.3, 0.4) is 0 Å². The molecule has 0 saturated heterocycles. The number of rotatable bonds is 5. The van der Waals surface area contributed by atoms with Gasteiger partial charge in [-0.2, -0.15) is 13.2 Å². The molecule has 0 aromatic carbocycles. The lowest BCUT2D eigenvalue weighted by Crippen LogP contribution is -2.37. The van der Waals surface area contributed by atoms with Crippen molar-refractivity contribution in [1.82, 2.24) is 9.88 Å². The van der Waals surface area contributed by atoms with E-state index in [1.165, 1.54) is 11.3 Å². The first-order valence-corrected chi connectivity index (χ1v) is 7.63. The molecule has 21 heavy (non-hydrogen) atoms. The number of carboxylic acids is 1. The zero-order valence-electron chi connectivity index (χ0n) is 11.4. The van der Waals surface area contributed by atoms with E-state index in [1.54, 1.807) is 0 Å². The topological polar surface area (TPSA) is 53.4 Å². The molecular weight excluding hydrogens is 305 g/mol. The van der Waals surface area contributed by atoms with Crippen LogP contribution in [0.1, 0.15) is 34.8 Å². The highest BCUT2D eigenvalue weighted by atomic mass is 32.1. The van der Waals surface area contributed by atoms with Crippen LogP contribution in [0.2, 0.25) is 0 Å². The van der Waals surface area contributed by atoms with Crippen molar-refractivity contribution >= 4 is 17.3 Å². The van der Waals surface area contributed by atoms with Crippen molar-refractivity contribution in [2.45, 2.75) is 44.8 Å². The molecule has 0 aliphatic heterocycles. The molecule has 2 rings (SSSR count). The minimum atomic E-state index is -4.41. The summed E-state index contributed by atoms with van der Waals surface area (Å²) in [5.74, 6) is -1.27. The van der Waals surface area contributed by atoms with E-state index in [2.05, 4.69) is 4.98 Å². The van der Waals surface area contributed by atoms with Crippen molar-refractivity contribution in [1.29, 1.82) is 0 Å². The number of carboxylic acid groups (broad SMARTS) is 1. The summed E-state index contributed by atoms with van der Waals surface area (Å²) in [6, 6.07) is 0. The number of carbonyl (C=O) groups is 1. The Labute approximate surface area is 124 Å². The molecule has 1 aromatic rings. The summed E-state index contributed by atoms with van der Waals surface area (Å²) in [4.78, 5) is 17.1. The van der Waals surface area contributed by atoms with Gasteiger partial charge in [-0.15, -0.1) is 11.3 Å². The van der Waals surface area contributed by atoms with Gasteiger partial charge in [0.1, 0.15) is 5.01 Å². The predicted octanol–water partition coefficient (Wildman–Crippen LogP) is 2.86. The second kappa shape index (κ2) is 6.74. The Hall–Kier alpha value is -1.15. The summed E-state index contributed by atoms with van der Waals surface area (Å²) < 4.78 is 37.5. The van der Waals surface area contributed by atoms with Gasteiger partial charge in [0.15, 0.2) is 0 Å². The summed E-state index contributed by atoms with van der Waals surface area (Å²) >= 11 is 1.42. The first-order chi connectivity index (χ1) is 9.83. The Morgan fingerprint density at radius 1 is 1.29 bits per heavy atom. The average Bonchev–Trinajstić information content (AvgIpc) is 2.55. The molecule has 0 atom stereocenters. The number of halogens is 3. The number of nitrogens with zero attached hydrogens (tertiary/aromatic N) is 2. The molecule has 1 aliphatic rings. The van der Waals surface area contributed by atoms with E-state index in [-0.39, 0.29) is 6.54 Å². The molecule has 0 saturated carbocycles. The lowest BCUT2D eigenvalue weighted by atomic mass is 10.2. The molecule has 0 bridgehead atoms. The van der Waals surface area contributed by atoms with E-state index in [4.69, 9.17) is 5.11 Å². The third kappa shape index (κ3) is 5.28. The fourth-order valence-corrected chi connectivity index (χ4v) is 3.65. The van der Waals surface area contributed by atoms with E-state index in [0.717, 1.165) is 47.6 Å². The van der Waals surface area contributed by atoms with Crippen molar-refractivity contribution in [2.75, 3.05) is 13.1 Å². The van der Waals surface area contributed by atoms with E-state index in [1.807, 2.05) is 0 Å². The summed E-state index contributed by atoms with van der Waals surface area (Å²) in [5, 5.41) is 9.31. The van der Waals surface area contributed by atoms with Gasteiger partial charge < -0.3 is 5.11 Å². The fraction of sp³-hybridized carbons (Fsp3) is 0.692. The van der Waals surface area contributed by atoms with Gasteiger partial charge in [-0.3, -0.25) is 9.69 Å². The largest absolute Gasteiger partial charge is 0.480 e. The Kier molecular flexibility index (Phi) is 5.21. The smallest absolute Gasteiger partial charge is 0.401 e. The van der Waals surface area contributed by atoms with Crippen LogP contribution >= 0.6 is 11.3 Å². The third-order valence-electron chi connectivity index (χ3n) is 3.26. The van der Waals surface area contributed by atoms with Gasteiger partial charge in [0.05, 0.1) is 25.3 Å². The summed E-state index contributed by atoms with van der Waals surface area (Å²) in [6.07, 6.45) is 0.657. The number of hydrogen-bond acceptors (Lipinski definition) is 4. The molecule has 0 unspecified atom stereocenters. The van der Waals surface area contributed by atoms with Crippen LogP contribution in [-0.4, -0.2) is 40.2 Å². The molecule has 1 heterocycles. The van der Waals surface area contributed by atoms with Gasteiger partial charge in [0, 0.05) is 4.88 Å². The number of alkyl halides is 3. The molecule has 1 aliphatic carbocycles. The lowest BCUT2D eigenvalue weighted by molar-refractivity contribution is -0.154. The number of fused-ring (bicyclic) bond motifs is 1. The number of aromatic nitrogens is 1. The Bertz CT molecular complexity index is 479. The van der Waals surface area contributed by atoms with Crippen LogP contribution in [-0.2, 0) is 24.2 Å². The Morgan fingerprint density at radius 2 is 2.00 bits per heavy atom. The molecule has 0 amide bonds. The highest BCUT2D eigenvalue weighted by Crippen LogP contribution is 2.27. The average molecular weight is 322 g/mol. The van der Waals surface area contributed by atoms with Gasteiger partial charge in [0.2, 0.25) is 0 Å². The first-order valence-electron chi connectivity index (χ1n) is 6.82. The summed E-state index contributed by atoms with van der Waals surface area (Å²) in [5.41, 5.74) is 0.981. The lowest BCUT2D eigenvalue weighted by Gasteiger charge is -2.20. The Balaban J connectivity index is 2.07. The van der Waals surface area contributed by atoms with E-state index in [0.29, 0.717) is 5.01 Å². The van der Waals surface area contributed by atoms with E-state index in [9.17, 15) is 18.0 Å². The number of aliphatic carboxylic acids is 1. The standard InChI is InChI=1S/C13H17F3N2O2S/c14-13(15,16)8-18(7-12(19)20)6-11-17-9-4-2-1-3-5-10(9)21-11/h1-8H2,(H,19,20). The van der Waals surface area contributed by atoms with E-state index < -0.39 is 25.2 Å². The molecule has 0 spiro atoms. The maximum absolute atomic E-state index is 12.5. The summed E-state index contributed by atoms with van der Waals surface area (Å²) in [7, 11) is 0. The zero-order chi connectivity index (χ0) is 15.5. The number of aryl methyl sites for hydroxylation is 2. The van der Waals surface area contributed by atoms with E-state index >= 15 is 0 Å². The van der Waals surface area contributed by atoms with Crippen molar-refractivity contribution < 1.29 is 23.1 Å². The van der Waals surface area contributed by atoms with Crippen molar-refractivity contribution in [3.05, 3.63) is 15.6 Å². The maximum atomic E-state index is 12.5. The maximum Gasteiger partial charge on any atom is 0.401 e. The SMILES string of the molecule is O=C(O)CN(Cc1nc2c(s1)CCCCC2)CC(F)(F)F. The fourth-order valence-electron chi connectivity index (χ4n) is 2.45. The molecule has 118 valence electrons. The molecule has 0 radical (unpaired) electrons. The minimum absolute atomic E-state index is 0.0660. The molecule has 1 N–H and O–H groups in total. The Morgan fingerprint density at radius 3 is 2.67 bits per heavy atom. The van der Waals surface area contributed by atoms with Gasteiger partial charge in [-0.25, -0.2) is 4.98 Å². The first kappa shape index (κ1) is 16.2. The predicted molar refractivity (Wildman–Crippen MR) is 72.3 cm³/mol. The van der Waals surface area contributed by atoms with Crippen LogP contribution in [0, 0.1) is 0 Å². The highest BCUT2D eigenvalue weighted by molar-refractivity contribution is 7.11. The van der Waals surface area contributed by atoms with Gasteiger partial charge in [-0.1, -0.05) is 6.42 Å². The van der Waals surface area contributed by atoms with Crippen LogP contribution in [0.5, 0.6) is 0 Å². The van der Waals surface area contributed by atoms with Crippen LogP contribution in [0.4, 0.5) is 13.2 Å². The molecule has 4 nitrogen and oxygen atoms in total. The highest BCUT2D eigenvalue weighted by Gasteiger charge is 2.32. The van der Waals surface area contributed by atoms with Crippen molar-refractivity contribution in [3.8, 4) is 0 Å². The van der Waals surface area contributed by atoms with Crippen molar-refractivity contribution in [2.24, 2.45) is 0 Å². The monoisotopic (exact) mass is 322 g/mol. The van der Waals surface area contributed by atoms with Crippen LogP contribution in [0.15, 0.2) is 0 Å². The molecule has 1 aromatic heterocycles. The van der Waals surface area contributed by atoms with Gasteiger partial charge in [0.25, 0.3) is 0 Å². The second-order valence-corrected chi connectivity index (χ2v) is 6.36. The van der Waals surface area contributed by atoms with Crippen LogP contribution < -0.4 is 0 Å². The minimum Gasteiger partial charge on any atom is -0.480 e. The quantitative estimate of drug-likeness (QED) is 0.847. The third-order valence-corrected chi connectivity index (χ3v) is 4.40. The van der Waals surface area contributed by atoms with Gasteiger partial charge >= 0.3 is 12.1 Å². The van der Waals surface area contributed by atoms with Crippen molar-refractivity contribution in [3.63, 3.8) is 0 Å². The molecular formula is C13H17F3N2O2S. The zero-order valence-corrected chi connectivity index (χ0v) is 12.3. The number of thiazole rings is 1. The van der Waals surface area contributed by atoms with Gasteiger partial charge in [-0.05, 0) is 25.7 Å². The second-order valence-electron chi connectivity index (χ2n) is 5.19. The normalized spacial score (nSPS) is 15.8. The molecule has 0 fully saturated rings. The number of hydrogen-bond donors (Lipinski definition) is 1. The van der Waals surface area contributed by atoms with Crippen LogP contribution in [0.25, 0.3) is 0 Å². The summed E-state index contributed by atoms with van der Waals surface area (Å²) in [6.45, 7) is -1.93.